The molecule has 78 valence electrons. The van der Waals surface area contributed by atoms with E-state index in [1.807, 2.05) is 18.0 Å². The monoisotopic (exact) mass is 197 g/mol. The summed E-state index contributed by atoms with van der Waals surface area (Å²) in [6, 6.07) is 1.82. The Labute approximate surface area is 83.1 Å². The highest BCUT2D eigenvalue weighted by atomic mass is 16.5. The van der Waals surface area contributed by atoms with Gasteiger partial charge in [-0.25, -0.2) is 10.8 Å². The van der Waals surface area contributed by atoms with Gasteiger partial charge in [-0.2, -0.15) is 4.98 Å². The quantitative estimate of drug-likeness (QED) is 0.505. The van der Waals surface area contributed by atoms with Crippen molar-refractivity contribution < 1.29 is 4.74 Å². The lowest BCUT2D eigenvalue weighted by molar-refractivity contribution is 0.206. The fourth-order valence-electron chi connectivity index (χ4n) is 0.974. The van der Waals surface area contributed by atoms with Gasteiger partial charge in [0.25, 0.3) is 0 Å². The van der Waals surface area contributed by atoms with Crippen LogP contribution in [0.5, 0.6) is 0 Å². The minimum absolute atomic E-state index is 0.409. The Bertz CT molecular complexity index is 280. The Balaban J connectivity index is 2.64. The molecule has 0 aliphatic carbocycles. The second-order valence-corrected chi connectivity index (χ2v) is 2.80. The van der Waals surface area contributed by atoms with Crippen LogP contribution in [0.4, 0.5) is 11.8 Å². The molecule has 0 amide bonds. The van der Waals surface area contributed by atoms with Gasteiger partial charge in [0.15, 0.2) is 0 Å². The van der Waals surface area contributed by atoms with Gasteiger partial charge in [-0.1, -0.05) is 0 Å². The summed E-state index contributed by atoms with van der Waals surface area (Å²) in [5.74, 6) is 6.42. The maximum atomic E-state index is 5.20. The van der Waals surface area contributed by atoms with Crippen molar-refractivity contribution in [2.75, 3.05) is 37.6 Å². The van der Waals surface area contributed by atoms with E-state index in [9.17, 15) is 0 Å². The molecule has 0 fully saturated rings. The maximum Gasteiger partial charge on any atom is 0.239 e. The fourth-order valence-corrected chi connectivity index (χ4v) is 0.974. The molecule has 1 heterocycles. The number of likely N-dealkylation sites (N-methyl/N-ethyl adjacent to an activating group) is 1. The number of nitrogens with one attached hydrogen (secondary N) is 1. The van der Waals surface area contributed by atoms with Gasteiger partial charge >= 0.3 is 0 Å². The summed E-state index contributed by atoms with van der Waals surface area (Å²) in [5.41, 5.74) is 2.40. The number of nitrogens with two attached hydrogens (primary N) is 1. The molecular weight excluding hydrogens is 182 g/mol. The van der Waals surface area contributed by atoms with Crippen LogP contribution in [0.2, 0.25) is 0 Å². The zero-order valence-electron chi connectivity index (χ0n) is 8.40. The third-order valence-corrected chi connectivity index (χ3v) is 1.79. The highest BCUT2D eigenvalue weighted by molar-refractivity contribution is 5.40. The Hall–Kier alpha value is -1.40. The normalized spacial score (nSPS) is 9.93. The van der Waals surface area contributed by atoms with Crippen molar-refractivity contribution in [3.63, 3.8) is 0 Å². The van der Waals surface area contributed by atoms with E-state index in [-0.39, 0.29) is 0 Å². The molecule has 0 spiro atoms. The summed E-state index contributed by atoms with van der Waals surface area (Å²) in [6.07, 6.45) is 1.65. The second-order valence-electron chi connectivity index (χ2n) is 2.80. The van der Waals surface area contributed by atoms with Gasteiger partial charge in [-0.3, -0.25) is 5.43 Å². The van der Waals surface area contributed by atoms with E-state index in [0.29, 0.717) is 12.6 Å². The van der Waals surface area contributed by atoms with Gasteiger partial charge in [0.1, 0.15) is 5.82 Å². The Kier molecular flexibility index (Phi) is 4.09. The molecular formula is C8H15N5O. The summed E-state index contributed by atoms with van der Waals surface area (Å²) >= 11 is 0. The number of nitrogens with zero attached hydrogens (tertiary/aromatic N) is 3. The first-order chi connectivity index (χ1) is 6.77. The van der Waals surface area contributed by atoms with Gasteiger partial charge in [-0.15, -0.1) is 0 Å². The van der Waals surface area contributed by atoms with E-state index >= 15 is 0 Å². The molecule has 14 heavy (non-hydrogen) atoms. The first-order valence-electron chi connectivity index (χ1n) is 4.27. The largest absolute Gasteiger partial charge is 0.383 e. The molecule has 0 atom stereocenters. The molecule has 1 aromatic rings. The maximum absolute atomic E-state index is 5.20. The molecule has 0 saturated heterocycles. The number of hydrogen-bond donors (Lipinski definition) is 2. The smallest absolute Gasteiger partial charge is 0.239 e. The van der Waals surface area contributed by atoms with Crippen LogP contribution in [-0.2, 0) is 4.74 Å². The van der Waals surface area contributed by atoms with Gasteiger partial charge < -0.3 is 9.64 Å². The highest BCUT2D eigenvalue weighted by Crippen LogP contribution is 2.08. The zero-order chi connectivity index (χ0) is 10.4. The Morgan fingerprint density at radius 2 is 2.43 bits per heavy atom. The number of anilines is 2. The first-order valence-corrected chi connectivity index (χ1v) is 4.27. The van der Waals surface area contributed by atoms with Crippen molar-refractivity contribution in [3.05, 3.63) is 12.3 Å². The van der Waals surface area contributed by atoms with Crippen LogP contribution in [0.3, 0.4) is 0 Å². The molecule has 6 nitrogen and oxygen atoms in total. The molecule has 0 aliphatic rings. The Morgan fingerprint density at radius 3 is 3.07 bits per heavy atom. The zero-order valence-corrected chi connectivity index (χ0v) is 8.40. The summed E-state index contributed by atoms with van der Waals surface area (Å²) in [7, 11) is 3.60. The lowest BCUT2D eigenvalue weighted by Gasteiger charge is -2.17. The Morgan fingerprint density at radius 1 is 1.64 bits per heavy atom. The van der Waals surface area contributed by atoms with Crippen molar-refractivity contribution in [2.24, 2.45) is 5.84 Å². The lowest BCUT2D eigenvalue weighted by Crippen LogP contribution is -2.23. The number of rotatable bonds is 5. The molecule has 1 aromatic heterocycles. The van der Waals surface area contributed by atoms with E-state index in [4.69, 9.17) is 10.6 Å². The minimum Gasteiger partial charge on any atom is -0.383 e. The number of aromatic nitrogens is 2. The number of ether oxygens (including phenoxy) is 1. The van der Waals surface area contributed by atoms with E-state index < -0.39 is 0 Å². The summed E-state index contributed by atoms with van der Waals surface area (Å²) in [6.45, 7) is 1.43. The second kappa shape index (κ2) is 5.36. The average Bonchev–Trinajstić information content (AvgIpc) is 2.26. The average molecular weight is 197 g/mol. The standard InChI is InChI=1S/C8H15N5O/c1-13(5-6-14-2)7-3-4-10-8(11-7)12-9/h3-4H,5-6,9H2,1-2H3,(H,10,11,12). The van der Waals surface area contributed by atoms with Gasteiger partial charge in [0.05, 0.1) is 6.61 Å². The van der Waals surface area contributed by atoms with Crippen molar-refractivity contribution in [3.8, 4) is 0 Å². The van der Waals surface area contributed by atoms with Gasteiger partial charge in [-0.05, 0) is 6.07 Å². The molecule has 0 aliphatic heterocycles. The topological polar surface area (TPSA) is 76.3 Å². The van der Waals surface area contributed by atoms with Crippen LogP contribution in [0.1, 0.15) is 0 Å². The number of hydrazine groups is 1. The van der Waals surface area contributed by atoms with E-state index in [1.54, 1.807) is 13.3 Å². The van der Waals surface area contributed by atoms with Crippen LogP contribution in [0.15, 0.2) is 12.3 Å². The summed E-state index contributed by atoms with van der Waals surface area (Å²) in [4.78, 5) is 10.0. The highest BCUT2D eigenvalue weighted by Gasteiger charge is 2.02. The van der Waals surface area contributed by atoms with Crippen LogP contribution in [0.25, 0.3) is 0 Å². The lowest BCUT2D eigenvalue weighted by atomic mass is 10.5. The van der Waals surface area contributed by atoms with Crippen LogP contribution < -0.4 is 16.2 Å². The fraction of sp³-hybridized carbons (Fsp3) is 0.500. The predicted molar refractivity (Wildman–Crippen MR) is 55.0 cm³/mol. The summed E-state index contributed by atoms with van der Waals surface area (Å²) < 4.78 is 4.97. The SMILES string of the molecule is COCCN(C)c1ccnc(NN)n1. The molecule has 0 radical (unpaired) electrons. The molecule has 0 bridgehead atoms. The third kappa shape index (κ3) is 2.82. The summed E-state index contributed by atoms with van der Waals surface area (Å²) in [5, 5.41) is 0. The van der Waals surface area contributed by atoms with Crippen LogP contribution >= 0.6 is 0 Å². The molecule has 0 saturated carbocycles. The molecule has 0 aromatic carbocycles. The predicted octanol–water partition coefficient (Wildman–Crippen LogP) is -0.155. The number of nitrogen functional groups attached to an aromatic ring is 1. The minimum atomic E-state index is 0.409. The third-order valence-electron chi connectivity index (χ3n) is 1.79. The van der Waals surface area contributed by atoms with Crippen LogP contribution in [-0.4, -0.2) is 37.3 Å². The first kappa shape index (κ1) is 10.7. The van der Waals surface area contributed by atoms with E-state index in [2.05, 4.69) is 15.4 Å². The number of hydrogen-bond acceptors (Lipinski definition) is 6. The van der Waals surface area contributed by atoms with Crippen molar-refractivity contribution in [1.29, 1.82) is 0 Å². The van der Waals surface area contributed by atoms with E-state index in [0.717, 1.165) is 12.4 Å². The van der Waals surface area contributed by atoms with Gasteiger partial charge in [0.2, 0.25) is 5.95 Å². The van der Waals surface area contributed by atoms with Crippen molar-refractivity contribution in [2.45, 2.75) is 0 Å². The van der Waals surface area contributed by atoms with Crippen molar-refractivity contribution >= 4 is 11.8 Å². The van der Waals surface area contributed by atoms with Gasteiger partial charge in [0, 0.05) is 26.9 Å². The van der Waals surface area contributed by atoms with Crippen LogP contribution in [0, 0.1) is 0 Å². The molecule has 3 N–H and O–H groups in total. The molecule has 0 unspecified atom stereocenters. The molecule has 6 heteroatoms. The molecule has 1 rings (SSSR count). The van der Waals surface area contributed by atoms with Crippen molar-refractivity contribution in [1.82, 2.24) is 9.97 Å². The van der Waals surface area contributed by atoms with E-state index in [1.165, 1.54) is 0 Å². The number of methoxy groups -OCH3 is 1.